The second kappa shape index (κ2) is 5.41. The third-order valence-corrected chi connectivity index (χ3v) is 3.33. The van der Waals surface area contributed by atoms with Gasteiger partial charge in [-0.1, -0.05) is 12.2 Å². The van der Waals surface area contributed by atoms with Gasteiger partial charge in [0.15, 0.2) is 0 Å². The third kappa shape index (κ3) is 3.41. The SMILES string of the molecule is CC(C)(C)NCC(O)C1(C)C=CC(N)C(C#N)=C1F. The summed E-state index contributed by atoms with van der Waals surface area (Å²) in [5, 5.41) is 22.3. The van der Waals surface area contributed by atoms with Gasteiger partial charge in [0.05, 0.1) is 29.2 Å². The van der Waals surface area contributed by atoms with Gasteiger partial charge in [0.25, 0.3) is 0 Å². The molecule has 0 amide bonds. The van der Waals surface area contributed by atoms with E-state index in [1.807, 2.05) is 20.8 Å². The van der Waals surface area contributed by atoms with Crippen LogP contribution >= 0.6 is 0 Å². The first kappa shape index (κ1) is 15.8. The van der Waals surface area contributed by atoms with E-state index in [9.17, 15) is 9.50 Å². The van der Waals surface area contributed by atoms with Gasteiger partial charge in [0, 0.05) is 12.1 Å². The van der Waals surface area contributed by atoms with Gasteiger partial charge in [0.1, 0.15) is 5.83 Å². The van der Waals surface area contributed by atoms with E-state index in [4.69, 9.17) is 11.0 Å². The average molecular weight is 267 g/mol. The van der Waals surface area contributed by atoms with Gasteiger partial charge in [-0.2, -0.15) is 5.26 Å². The molecule has 1 aliphatic rings. The summed E-state index contributed by atoms with van der Waals surface area (Å²) in [6, 6.07) is 1.05. The molecule has 0 heterocycles. The maximum Gasteiger partial charge on any atom is 0.128 e. The molecule has 4 N–H and O–H groups in total. The van der Waals surface area contributed by atoms with Crippen molar-refractivity contribution < 1.29 is 9.50 Å². The van der Waals surface area contributed by atoms with E-state index in [-0.39, 0.29) is 17.7 Å². The molecule has 0 radical (unpaired) electrons. The minimum absolute atomic E-state index is 0.111. The Morgan fingerprint density at radius 3 is 2.68 bits per heavy atom. The summed E-state index contributed by atoms with van der Waals surface area (Å²) in [6.07, 6.45) is 2.13. The average Bonchev–Trinajstić information content (AvgIpc) is 2.31. The molecule has 1 rings (SSSR count). The molecule has 0 spiro atoms. The molecule has 0 saturated heterocycles. The first-order valence-corrected chi connectivity index (χ1v) is 6.30. The van der Waals surface area contributed by atoms with Crippen molar-refractivity contribution in [2.75, 3.05) is 6.54 Å². The largest absolute Gasteiger partial charge is 0.390 e. The fraction of sp³-hybridized carbons (Fsp3) is 0.643. The van der Waals surface area contributed by atoms with Crippen LogP contribution in [0.15, 0.2) is 23.6 Å². The summed E-state index contributed by atoms with van der Waals surface area (Å²) in [7, 11) is 0. The fourth-order valence-corrected chi connectivity index (χ4v) is 1.91. The van der Waals surface area contributed by atoms with E-state index in [1.165, 1.54) is 0 Å². The summed E-state index contributed by atoms with van der Waals surface area (Å²) in [4.78, 5) is 0. The number of halogens is 1. The molecule has 4 nitrogen and oxygen atoms in total. The molecule has 106 valence electrons. The molecule has 1 aliphatic carbocycles. The van der Waals surface area contributed by atoms with Crippen molar-refractivity contribution in [2.24, 2.45) is 11.1 Å². The van der Waals surface area contributed by atoms with Gasteiger partial charge in [-0.3, -0.25) is 0 Å². The lowest BCUT2D eigenvalue weighted by atomic mass is 9.76. The number of β-amino-alcohol motifs (C(OH)–C–C–N with tert-alkyl or cyclic N) is 1. The van der Waals surface area contributed by atoms with Gasteiger partial charge in [-0.05, 0) is 27.7 Å². The van der Waals surface area contributed by atoms with Crippen LogP contribution in [-0.2, 0) is 0 Å². The highest BCUT2D eigenvalue weighted by atomic mass is 19.1. The maximum atomic E-state index is 14.4. The monoisotopic (exact) mass is 267 g/mol. The van der Waals surface area contributed by atoms with Gasteiger partial charge >= 0.3 is 0 Å². The van der Waals surface area contributed by atoms with Crippen molar-refractivity contribution in [1.29, 1.82) is 5.26 Å². The Kier molecular flexibility index (Phi) is 4.51. The fourth-order valence-electron chi connectivity index (χ4n) is 1.91. The molecule has 0 fully saturated rings. The van der Waals surface area contributed by atoms with Crippen molar-refractivity contribution in [2.45, 2.75) is 45.4 Å². The van der Waals surface area contributed by atoms with E-state index in [0.717, 1.165) is 0 Å². The summed E-state index contributed by atoms with van der Waals surface area (Å²) >= 11 is 0. The van der Waals surface area contributed by atoms with Crippen molar-refractivity contribution in [3.63, 3.8) is 0 Å². The molecular weight excluding hydrogens is 245 g/mol. The van der Waals surface area contributed by atoms with Crippen molar-refractivity contribution >= 4 is 0 Å². The normalized spacial score (nSPS) is 29.3. The maximum absolute atomic E-state index is 14.4. The molecule has 3 unspecified atom stereocenters. The zero-order valence-corrected chi connectivity index (χ0v) is 11.9. The van der Waals surface area contributed by atoms with Crippen LogP contribution in [0.1, 0.15) is 27.7 Å². The van der Waals surface area contributed by atoms with Crippen LogP contribution in [0.5, 0.6) is 0 Å². The third-order valence-electron chi connectivity index (χ3n) is 3.33. The number of nitrogens with zero attached hydrogens (tertiary/aromatic N) is 1. The standard InChI is InChI=1S/C14H22FN3O/c1-13(2,3)18-8-11(19)14(4)6-5-10(17)9(7-16)12(14)15/h5-6,10-11,18-19H,8,17H2,1-4H3. The lowest BCUT2D eigenvalue weighted by Crippen LogP contribution is -2.47. The summed E-state index contributed by atoms with van der Waals surface area (Å²) in [5.41, 5.74) is 4.14. The summed E-state index contributed by atoms with van der Waals surface area (Å²) in [6.45, 7) is 7.67. The predicted octanol–water partition coefficient (Wildman–Crippen LogP) is 1.39. The van der Waals surface area contributed by atoms with Crippen LogP contribution in [0, 0.1) is 16.7 Å². The van der Waals surface area contributed by atoms with Crippen LogP contribution in [0.3, 0.4) is 0 Å². The molecule has 3 atom stereocenters. The number of rotatable bonds is 3. The molecule has 0 saturated carbocycles. The second-order valence-electron chi connectivity index (χ2n) is 6.15. The molecule has 0 aliphatic heterocycles. The lowest BCUT2D eigenvalue weighted by Gasteiger charge is -2.35. The van der Waals surface area contributed by atoms with Gasteiger partial charge in [-0.15, -0.1) is 0 Å². The van der Waals surface area contributed by atoms with E-state index in [0.29, 0.717) is 0 Å². The van der Waals surface area contributed by atoms with Crippen LogP contribution in [0.2, 0.25) is 0 Å². The molecule has 0 bridgehead atoms. The van der Waals surface area contributed by atoms with E-state index >= 15 is 0 Å². The van der Waals surface area contributed by atoms with E-state index < -0.39 is 23.4 Å². The van der Waals surface area contributed by atoms with Crippen molar-refractivity contribution in [1.82, 2.24) is 5.32 Å². The lowest BCUT2D eigenvalue weighted by molar-refractivity contribution is 0.0698. The number of hydrogen-bond acceptors (Lipinski definition) is 4. The Morgan fingerprint density at radius 1 is 1.63 bits per heavy atom. The van der Waals surface area contributed by atoms with Gasteiger partial charge in [0.2, 0.25) is 0 Å². The molecule has 19 heavy (non-hydrogen) atoms. The van der Waals surface area contributed by atoms with Crippen LogP contribution < -0.4 is 11.1 Å². The minimum atomic E-state index is -1.21. The Bertz CT molecular complexity index is 445. The first-order valence-electron chi connectivity index (χ1n) is 6.30. The Labute approximate surface area is 113 Å². The highest BCUT2D eigenvalue weighted by Crippen LogP contribution is 2.39. The topological polar surface area (TPSA) is 82.1 Å². The highest BCUT2D eigenvalue weighted by molar-refractivity contribution is 5.42. The molecule has 0 aromatic carbocycles. The molecular formula is C14H22FN3O. The molecule has 5 heteroatoms. The Balaban J connectivity index is 2.95. The number of nitriles is 1. The Hall–Kier alpha value is -1.22. The Morgan fingerprint density at radius 2 is 2.21 bits per heavy atom. The summed E-state index contributed by atoms with van der Waals surface area (Å²) in [5.74, 6) is -0.645. The first-order chi connectivity index (χ1) is 8.62. The molecule has 0 aromatic rings. The van der Waals surface area contributed by atoms with Crippen LogP contribution in [-0.4, -0.2) is 29.3 Å². The zero-order valence-electron chi connectivity index (χ0n) is 11.9. The van der Waals surface area contributed by atoms with Crippen LogP contribution in [0.25, 0.3) is 0 Å². The number of hydrogen-bond donors (Lipinski definition) is 3. The predicted molar refractivity (Wildman–Crippen MR) is 72.7 cm³/mol. The smallest absolute Gasteiger partial charge is 0.128 e. The number of aliphatic hydroxyl groups excluding tert-OH is 1. The van der Waals surface area contributed by atoms with Crippen molar-refractivity contribution in [3.05, 3.63) is 23.6 Å². The second-order valence-corrected chi connectivity index (χ2v) is 6.15. The molecule has 0 aromatic heterocycles. The summed E-state index contributed by atoms with van der Waals surface area (Å²) < 4.78 is 14.4. The number of nitrogens with two attached hydrogens (primary N) is 1. The van der Waals surface area contributed by atoms with Gasteiger partial charge in [-0.25, -0.2) is 4.39 Å². The van der Waals surface area contributed by atoms with Gasteiger partial charge < -0.3 is 16.2 Å². The van der Waals surface area contributed by atoms with Crippen LogP contribution in [0.4, 0.5) is 4.39 Å². The number of aliphatic hydroxyl groups is 1. The minimum Gasteiger partial charge on any atom is -0.390 e. The highest BCUT2D eigenvalue weighted by Gasteiger charge is 2.40. The van der Waals surface area contributed by atoms with E-state index in [1.54, 1.807) is 25.1 Å². The zero-order chi connectivity index (χ0) is 14.8. The number of nitrogens with one attached hydrogen (secondary N) is 1. The van der Waals surface area contributed by atoms with Crippen molar-refractivity contribution in [3.8, 4) is 6.07 Å². The quantitative estimate of drug-likeness (QED) is 0.675. The van der Waals surface area contributed by atoms with E-state index in [2.05, 4.69) is 5.32 Å².